The van der Waals surface area contributed by atoms with E-state index in [0.29, 0.717) is 42.3 Å². The second-order valence-electron chi connectivity index (χ2n) is 9.34. The number of morpholine rings is 1. The van der Waals surface area contributed by atoms with Gasteiger partial charge >= 0.3 is 6.18 Å². The quantitative estimate of drug-likeness (QED) is 0.423. The number of pyridine rings is 2. The van der Waals surface area contributed by atoms with Crippen LogP contribution in [0.4, 0.5) is 18.9 Å². The summed E-state index contributed by atoms with van der Waals surface area (Å²) in [5.41, 5.74) is 7.51. The van der Waals surface area contributed by atoms with Crippen LogP contribution in [0.1, 0.15) is 13.8 Å². The molecule has 200 valence electrons. The molecule has 1 amide bonds. The summed E-state index contributed by atoms with van der Waals surface area (Å²) >= 11 is 0. The fourth-order valence-corrected chi connectivity index (χ4v) is 4.54. The molecule has 3 N–H and O–H groups in total. The molecule has 0 saturated carbocycles. The van der Waals surface area contributed by atoms with E-state index >= 15 is 0 Å². The van der Waals surface area contributed by atoms with Crippen LogP contribution in [0, 0.1) is 5.92 Å². The van der Waals surface area contributed by atoms with Crippen LogP contribution in [0.3, 0.4) is 0 Å². The van der Waals surface area contributed by atoms with Crippen LogP contribution in [-0.4, -0.2) is 84.0 Å². The molecule has 4 rings (SSSR count). The van der Waals surface area contributed by atoms with Crippen LogP contribution >= 0.6 is 0 Å². The van der Waals surface area contributed by atoms with Gasteiger partial charge in [-0.25, -0.2) is 4.98 Å². The third-order valence-corrected chi connectivity index (χ3v) is 6.26. The average molecular weight is 521 g/mol. The summed E-state index contributed by atoms with van der Waals surface area (Å²) in [5, 5.41) is 0.737. The minimum absolute atomic E-state index is 0.146. The predicted molar refractivity (Wildman–Crippen MR) is 133 cm³/mol. The Morgan fingerprint density at radius 2 is 2.00 bits per heavy atom. The highest BCUT2D eigenvalue weighted by molar-refractivity contribution is 5.94. The Hall–Kier alpha value is -3.38. The maximum Gasteiger partial charge on any atom is 0.405 e. The summed E-state index contributed by atoms with van der Waals surface area (Å²) in [6.45, 7) is 6.38. The molecule has 1 aliphatic rings. The molecule has 9 nitrogen and oxygen atoms in total. The van der Waals surface area contributed by atoms with Gasteiger partial charge in [0.25, 0.3) is 0 Å². The van der Waals surface area contributed by atoms with E-state index in [9.17, 15) is 18.0 Å². The molecular formula is C25H31F3N6O3. The van der Waals surface area contributed by atoms with Crippen LogP contribution < -0.4 is 15.4 Å². The number of halogens is 3. The SMILES string of the molecule is CC(C)[C@@H](C(N)=O)N(CC(F)(F)F)c1cncc(-c2c[nH]c3ncc(OCCN4CCOCC4)cc23)c1. The van der Waals surface area contributed by atoms with Gasteiger partial charge in [-0.3, -0.25) is 14.7 Å². The number of aromatic amines is 1. The fraction of sp³-hybridized carbons (Fsp3) is 0.480. The molecule has 1 aliphatic heterocycles. The summed E-state index contributed by atoms with van der Waals surface area (Å²) in [7, 11) is 0. The molecule has 3 aromatic rings. The van der Waals surface area contributed by atoms with Gasteiger partial charge in [0.15, 0.2) is 0 Å². The highest BCUT2D eigenvalue weighted by Gasteiger charge is 2.37. The lowest BCUT2D eigenvalue weighted by Gasteiger charge is -2.34. The van der Waals surface area contributed by atoms with Crippen molar-refractivity contribution in [2.45, 2.75) is 26.1 Å². The number of hydrogen-bond donors (Lipinski definition) is 2. The number of nitrogens with two attached hydrogens (primary N) is 1. The smallest absolute Gasteiger partial charge is 0.405 e. The highest BCUT2D eigenvalue weighted by Crippen LogP contribution is 2.33. The van der Waals surface area contributed by atoms with Crippen molar-refractivity contribution in [2.75, 3.05) is 50.9 Å². The highest BCUT2D eigenvalue weighted by atomic mass is 19.4. The third kappa shape index (κ3) is 6.69. The zero-order valence-electron chi connectivity index (χ0n) is 20.8. The topological polar surface area (TPSA) is 110 Å². The minimum Gasteiger partial charge on any atom is -0.491 e. The first-order chi connectivity index (χ1) is 17.6. The molecule has 4 heterocycles. The number of rotatable bonds is 10. The van der Waals surface area contributed by atoms with Crippen molar-refractivity contribution in [3.05, 3.63) is 36.9 Å². The van der Waals surface area contributed by atoms with Crippen molar-refractivity contribution < 1.29 is 27.4 Å². The van der Waals surface area contributed by atoms with Crippen molar-refractivity contribution >= 4 is 22.6 Å². The third-order valence-electron chi connectivity index (χ3n) is 6.26. The zero-order valence-corrected chi connectivity index (χ0v) is 20.8. The van der Waals surface area contributed by atoms with Crippen LogP contribution in [0.15, 0.2) is 36.9 Å². The first-order valence-corrected chi connectivity index (χ1v) is 12.1. The van der Waals surface area contributed by atoms with Crippen LogP contribution in [0.2, 0.25) is 0 Å². The second kappa shape index (κ2) is 11.3. The van der Waals surface area contributed by atoms with E-state index in [1.54, 1.807) is 38.5 Å². The monoisotopic (exact) mass is 520 g/mol. The van der Waals surface area contributed by atoms with Crippen LogP contribution in [0.5, 0.6) is 5.75 Å². The van der Waals surface area contributed by atoms with Crippen LogP contribution in [0.25, 0.3) is 22.2 Å². The van der Waals surface area contributed by atoms with Crippen molar-refractivity contribution in [1.29, 1.82) is 0 Å². The molecule has 3 aromatic heterocycles. The number of nitrogens with one attached hydrogen (secondary N) is 1. The van der Waals surface area contributed by atoms with E-state index in [1.807, 2.05) is 6.07 Å². The Morgan fingerprint density at radius 3 is 2.68 bits per heavy atom. The standard InChI is InChI=1S/C25H31F3N6O3/c1-16(2)22(23(29)35)34(15-25(26,27)28)18-9-17(11-30-12-18)21-14-32-24-20(21)10-19(13-31-24)37-8-5-33-3-6-36-7-4-33/h9-14,16,22H,3-8,15H2,1-2H3,(H2,29,35)(H,31,32)/t22-/m0/s1. The normalized spacial score (nSPS) is 15.7. The average Bonchev–Trinajstić information content (AvgIpc) is 3.26. The van der Waals surface area contributed by atoms with Crippen LogP contribution in [-0.2, 0) is 9.53 Å². The maximum atomic E-state index is 13.5. The summed E-state index contributed by atoms with van der Waals surface area (Å²) < 4.78 is 51.7. The second-order valence-corrected chi connectivity index (χ2v) is 9.34. The number of amides is 1. The number of ether oxygens (including phenoxy) is 2. The molecule has 0 bridgehead atoms. The van der Waals surface area contributed by atoms with E-state index in [2.05, 4.69) is 19.9 Å². The predicted octanol–water partition coefficient (Wildman–Crippen LogP) is 3.21. The molecule has 1 saturated heterocycles. The van der Waals surface area contributed by atoms with Gasteiger partial charge in [0.05, 0.1) is 31.3 Å². The molecule has 1 fully saturated rings. The molecule has 0 aromatic carbocycles. The number of carbonyl (C=O) groups is 1. The first-order valence-electron chi connectivity index (χ1n) is 12.1. The largest absolute Gasteiger partial charge is 0.491 e. The molecule has 0 unspecified atom stereocenters. The van der Waals surface area contributed by atoms with E-state index in [1.165, 1.54) is 6.20 Å². The molecule has 37 heavy (non-hydrogen) atoms. The number of aromatic nitrogens is 3. The number of carbonyl (C=O) groups excluding carboxylic acids is 1. The van der Waals surface area contributed by atoms with Gasteiger partial charge in [0.1, 0.15) is 30.6 Å². The molecule has 0 radical (unpaired) electrons. The maximum absolute atomic E-state index is 13.5. The van der Waals surface area contributed by atoms with Gasteiger partial charge in [-0.05, 0) is 18.1 Å². The van der Waals surface area contributed by atoms with Gasteiger partial charge in [-0.2, -0.15) is 13.2 Å². The van der Waals surface area contributed by atoms with Crippen molar-refractivity contribution in [2.24, 2.45) is 11.7 Å². The number of nitrogens with zero attached hydrogens (tertiary/aromatic N) is 4. The number of hydrogen-bond acceptors (Lipinski definition) is 7. The first kappa shape index (κ1) is 26.7. The summed E-state index contributed by atoms with van der Waals surface area (Å²) in [6, 6.07) is 2.26. The Labute approximate surface area is 212 Å². The van der Waals surface area contributed by atoms with Gasteiger partial charge < -0.3 is 25.1 Å². The van der Waals surface area contributed by atoms with Crippen molar-refractivity contribution in [3.63, 3.8) is 0 Å². The Morgan fingerprint density at radius 1 is 1.24 bits per heavy atom. The molecule has 0 aliphatic carbocycles. The Balaban J connectivity index is 1.60. The molecule has 1 atom stereocenters. The Kier molecular flexibility index (Phi) is 8.18. The summed E-state index contributed by atoms with van der Waals surface area (Å²) in [6.07, 6.45) is 1.66. The molecule has 12 heteroatoms. The number of alkyl halides is 3. The summed E-state index contributed by atoms with van der Waals surface area (Å²) in [5.74, 6) is -0.698. The van der Waals surface area contributed by atoms with Gasteiger partial charge in [-0.15, -0.1) is 0 Å². The van der Waals surface area contributed by atoms with Crippen molar-refractivity contribution in [1.82, 2.24) is 19.9 Å². The lowest BCUT2D eigenvalue weighted by molar-refractivity contribution is -0.126. The minimum atomic E-state index is -4.54. The molecular weight excluding hydrogens is 489 g/mol. The number of H-pyrrole nitrogens is 1. The number of anilines is 1. The Bertz CT molecular complexity index is 1210. The number of fused-ring (bicyclic) bond motifs is 1. The zero-order chi connectivity index (χ0) is 26.6. The number of primary amides is 1. The van der Waals surface area contributed by atoms with Gasteiger partial charge in [-0.1, -0.05) is 13.8 Å². The van der Waals surface area contributed by atoms with E-state index in [4.69, 9.17) is 15.2 Å². The molecule has 0 spiro atoms. The van der Waals surface area contributed by atoms with Crippen molar-refractivity contribution in [3.8, 4) is 16.9 Å². The summed E-state index contributed by atoms with van der Waals surface area (Å²) in [4.78, 5) is 27.0. The van der Waals surface area contributed by atoms with E-state index < -0.39 is 30.6 Å². The van der Waals surface area contributed by atoms with E-state index in [0.717, 1.165) is 29.9 Å². The lowest BCUT2D eigenvalue weighted by atomic mass is 10.0. The van der Waals surface area contributed by atoms with Gasteiger partial charge in [0, 0.05) is 48.5 Å². The lowest BCUT2D eigenvalue weighted by Crippen LogP contribution is -2.51. The van der Waals surface area contributed by atoms with Gasteiger partial charge in [0.2, 0.25) is 5.91 Å². The van der Waals surface area contributed by atoms with E-state index in [-0.39, 0.29) is 5.69 Å². The fourth-order valence-electron chi connectivity index (χ4n) is 4.54.